The molecule has 0 heterocycles. The molecule has 0 saturated carbocycles. The van der Waals surface area contributed by atoms with Crippen molar-refractivity contribution in [3.05, 3.63) is 0 Å². The maximum atomic E-state index is 11.7. The SMILES string of the molecule is COC(C)(C)CC(=O)N(C)C(C)CN. The van der Waals surface area contributed by atoms with Crippen LogP contribution < -0.4 is 5.73 Å². The molecule has 0 aromatic heterocycles. The summed E-state index contributed by atoms with van der Waals surface area (Å²) in [6.45, 7) is 6.20. The van der Waals surface area contributed by atoms with Crippen molar-refractivity contribution in [2.75, 3.05) is 20.7 Å². The molecule has 0 saturated heterocycles. The average molecular weight is 202 g/mol. The van der Waals surface area contributed by atoms with Gasteiger partial charge in [-0.1, -0.05) is 0 Å². The number of amides is 1. The third-order valence-corrected chi connectivity index (χ3v) is 2.53. The Morgan fingerprint density at radius 1 is 1.57 bits per heavy atom. The van der Waals surface area contributed by atoms with E-state index in [1.807, 2.05) is 20.8 Å². The zero-order chi connectivity index (χ0) is 11.4. The third-order valence-electron chi connectivity index (χ3n) is 2.53. The summed E-state index contributed by atoms with van der Waals surface area (Å²) in [5.41, 5.74) is 5.08. The molecule has 1 amide bonds. The van der Waals surface area contributed by atoms with Crippen LogP contribution in [-0.4, -0.2) is 43.2 Å². The summed E-state index contributed by atoms with van der Waals surface area (Å²) in [5, 5.41) is 0. The largest absolute Gasteiger partial charge is 0.378 e. The van der Waals surface area contributed by atoms with E-state index in [1.54, 1.807) is 19.1 Å². The Morgan fingerprint density at radius 3 is 2.43 bits per heavy atom. The van der Waals surface area contributed by atoms with Crippen molar-refractivity contribution in [1.29, 1.82) is 0 Å². The molecular weight excluding hydrogens is 180 g/mol. The average Bonchev–Trinajstić information content (AvgIpc) is 2.14. The van der Waals surface area contributed by atoms with Crippen LogP contribution in [0, 0.1) is 0 Å². The standard InChI is InChI=1S/C10H22N2O2/c1-8(7-11)12(4)9(13)6-10(2,3)14-5/h8H,6-7,11H2,1-5H3. The fraction of sp³-hybridized carbons (Fsp3) is 0.900. The lowest BCUT2D eigenvalue weighted by Gasteiger charge is -2.28. The van der Waals surface area contributed by atoms with Gasteiger partial charge in [0.1, 0.15) is 0 Å². The lowest BCUT2D eigenvalue weighted by molar-refractivity contribution is -0.136. The maximum Gasteiger partial charge on any atom is 0.225 e. The molecule has 4 nitrogen and oxygen atoms in total. The van der Waals surface area contributed by atoms with Crippen molar-refractivity contribution in [2.45, 2.75) is 38.8 Å². The van der Waals surface area contributed by atoms with E-state index in [1.165, 1.54) is 0 Å². The second-order valence-electron chi connectivity index (χ2n) is 4.23. The molecule has 14 heavy (non-hydrogen) atoms. The van der Waals surface area contributed by atoms with E-state index < -0.39 is 5.60 Å². The lowest BCUT2D eigenvalue weighted by atomic mass is 10.0. The number of nitrogens with zero attached hydrogens (tertiary/aromatic N) is 1. The van der Waals surface area contributed by atoms with E-state index in [4.69, 9.17) is 10.5 Å². The first-order valence-electron chi connectivity index (χ1n) is 4.85. The summed E-state index contributed by atoms with van der Waals surface area (Å²) < 4.78 is 5.19. The second-order valence-corrected chi connectivity index (χ2v) is 4.23. The molecule has 0 aromatic rings. The molecule has 0 bridgehead atoms. The molecule has 0 aliphatic carbocycles. The van der Waals surface area contributed by atoms with Crippen molar-refractivity contribution < 1.29 is 9.53 Å². The van der Waals surface area contributed by atoms with Crippen molar-refractivity contribution >= 4 is 5.91 Å². The summed E-state index contributed by atoms with van der Waals surface area (Å²) in [6.07, 6.45) is 0.379. The minimum atomic E-state index is -0.403. The summed E-state index contributed by atoms with van der Waals surface area (Å²) in [5.74, 6) is 0.0646. The number of methoxy groups -OCH3 is 1. The molecule has 0 fully saturated rings. The van der Waals surface area contributed by atoms with E-state index in [2.05, 4.69) is 0 Å². The Hall–Kier alpha value is -0.610. The predicted molar refractivity (Wildman–Crippen MR) is 57.0 cm³/mol. The number of carbonyl (C=O) groups excluding carboxylic acids is 1. The molecule has 0 aromatic carbocycles. The van der Waals surface area contributed by atoms with Crippen molar-refractivity contribution in [2.24, 2.45) is 5.73 Å². The second kappa shape index (κ2) is 5.32. The van der Waals surface area contributed by atoms with Gasteiger partial charge in [-0.3, -0.25) is 4.79 Å². The van der Waals surface area contributed by atoms with Crippen LogP contribution in [0.2, 0.25) is 0 Å². The molecule has 0 radical (unpaired) electrons. The van der Waals surface area contributed by atoms with Gasteiger partial charge < -0.3 is 15.4 Å². The van der Waals surface area contributed by atoms with Crippen LogP contribution in [0.1, 0.15) is 27.2 Å². The van der Waals surface area contributed by atoms with Crippen molar-refractivity contribution in [3.63, 3.8) is 0 Å². The van der Waals surface area contributed by atoms with E-state index in [-0.39, 0.29) is 11.9 Å². The zero-order valence-corrected chi connectivity index (χ0v) is 9.83. The van der Waals surface area contributed by atoms with Crippen LogP contribution in [-0.2, 0) is 9.53 Å². The van der Waals surface area contributed by atoms with E-state index in [0.717, 1.165) is 0 Å². The molecule has 84 valence electrons. The Labute approximate surface area is 86.4 Å². The van der Waals surface area contributed by atoms with Crippen LogP contribution in [0.4, 0.5) is 0 Å². The molecule has 0 spiro atoms. The first kappa shape index (κ1) is 13.4. The number of carbonyl (C=O) groups is 1. The van der Waals surface area contributed by atoms with Gasteiger partial charge in [-0.05, 0) is 20.8 Å². The highest BCUT2D eigenvalue weighted by atomic mass is 16.5. The van der Waals surface area contributed by atoms with E-state index in [0.29, 0.717) is 13.0 Å². The van der Waals surface area contributed by atoms with Gasteiger partial charge in [0.25, 0.3) is 0 Å². The highest BCUT2D eigenvalue weighted by molar-refractivity contribution is 5.77. The molecule has 2 N–H and O–H groups in total. The van der Waals surface area contributed by atoms with Crippen LogP contribution in [0.5, 0.6) is 0 Å². The number of nitrogens with two attached hydrogens (primary N) is 1. The first-order valence-corrected chi connectivity index (χ1v) is 4.85. The van der Waals surface area contributed by atoms with Crippen LogP contribution in [0.3, 0.4) is 0 Å². The predicted octanol–water partition coefficient (Wildman–Crippen LogP) is 0.607. The molecule has 0 rings (SSSR count). The quantitative estimate of drug-likeness (QED) is 0.710. The monoisotopic (exact) mass is 202 g/mol. The fourth-order valence-corrected chi connectivity index (χ4v) is 0.965. The summed E-state index contributed by atoms with van der Waals surface area (Å²) in [4.78, 5) is 13.4. The van der Waals surface area contributed by atoms with Gasteiger partial charge in [-0.25, -0.2) is 0 Å². The van der Waals surface area contributed by atoms with Gasteiger partial charge in [-0.15, -0.1) is 0 Å². The number of hydrogen-bond donors (Lipinski definition) is 1. The number of hydrogen-bond acceptors (Lipinski definition) is 3. The smallest absolute Gasteiger partial charge is 0.225 e. The van der Waals surface area contributed by atoms with E-state index >= 15 is 0 Å². The zero-order valence-electron chi connectivity index (χ0n) is 9.83. The highest BCUT2D eigenvalue weighted by Gasteiger charge is 2.24. The van der Waals surface area contributed by atoms with Crippen molar-refractivity contribution in [3.8, 4) is 0 Å². The number of likely N-dealkylation sites (N-methyl/N-ethyl adjacent to an activating group) is 1. The van der Waals surface area contributed by atoms with Crippen molar-refractivity contribution in [1.82, 2.24) is 4.90 Å². The summed E-state index contributed by atoms with van der Waals surface area (Å²) in [6, 6.07) is 0.0788. The van der Waals surface area contributed by atoms with Crippen LogP contribution in [0.15, 0.2) is 0 Å². The van der Waals surface area contributed by atoms with Gasteiger partial charge in [0, 0.05) is 26.7 Å². The Kier molecular flexibility index (Phi) is 5.08. The molecule has 0 aliphatic heterocycles. The normalized spacial score (nSPS) is 13.9. The Bertz CT molecular complexity index is 193. The fourth-order valence-electron chi connectivity index (χ4n) is 0.965. The van der Waals surface area contributed by atoms with Gasteiger partial charge in [0.2, 0.25) is 5.91 Å². The summed E-state index contributed by atoms with van der Waals surface area (Å²) in [7, 11) is 3.38. The highest BCUT2D eigenvalue weighted by Crippen LogP contribution is 2.14. The van der Waals surface area contributed by atoms with Gasteiger partial charge in [0.05, 0.1) is 12.0 Å². The molecule has 0 aliphatic rings. The van der Waals surface area contributed by atoms with Gasteiger partial charge in [0.15, 0.2) is 0 Å². The Morgan fingerprint density at radius 2 is 2.07 bits per heavy atom. The number of rotatable bonds is 5. The summed E-state index contributed by atoms with van der Waals surface area (Å²) >= 11 is 0. The van der Waals surface area contributed by atoms with E-state index in [9.17, 15) is 4.79 Å². The minimum absolute atomic E-state index is 0.0646. The topological polar surface area (TPSA) is 55.6 Å². The molecule has 1 atom stereocenters. The number of ether oxygens (including phenoxy) is 1. The first-order chi connectivity index (χ1) is 6.34. The maximum absolute atomic E-state index is 11.7. The van der Waals surface area contributed by atoms with Crippen LogP contribution in [0.25, 0.3) is 0 Å². The molecule has 1 unspecified atom stereocenters. The minimum Gasteiger partial charge on any atom is -0.378 e. The lowest BCUT2D eigenvalue weighted by Crippen LogP contribution is -2.42. The van der Waals surface area contributed by atoms with Gasteiger partial charge in [-0.2, -0.15) is 0 Å². The Balaban J connectivity index is 4.21. The van der Waals surface area contributed by atoms with Crippen LogP contribution >= 0.6 is 0 Å². The third kappa shape index (κ3) is 4.07. The van der Waals surface area contributed by atoms with Gasteiger partial charge >= 0.3 is 0 Å². The molecular formula is C10H22N2O2. The molecule has 4 heteroatoms.